The van der Waals surface area contributed by atoms with Crippen molar-refractivity contribution in [1.29, 1.82) is 5.26 Å². The smallest absolute Gasteiger partial charge is 0.249 e. The number of aromatic nitrogens is 3. The van der Waals surface area contributed by atoms with E-state index in [1.165, 1.54) is 11.3 Å². The molecule has 6 heteroatoms. The topological polar surface area (TPSA) is 77.7 Å². The molecule has 6 nitrogen and oxygen atoms in total. The summed E-state index contributed by atoms with van der Waals surface area (Å²) in [4.78, 5) is 6.71. The van der Waals surface area contributed by atoms with E-state index in [1.807, 2.05) is 18.2 Å². The van der Waals surface area contributed by atoms with Crippen molar-refractivity contribution in [2.75, 3.05) is 16.8 Å². The number of hydrogen-bond acceptors (Lipinski definition) is 6. The first-order valence-corrected chi connectivity index (χ1v) is 7.66. The van der Waals surface area contributed by atoms with Crippen LogP contribution in [0.1, 0.15) is 11.1 Å². The Morgan fingerprint density at radius 3 is 2.75 bits per heavy atom. The van der Waals surface area contributed by atoms with Crippen molar-refractivity contribution in [3.63, 3.8) is 0 Å². The van der Waals surface area contributed by atoms with Crippen molar-refractivity contribution in [3.8, 4) is 6.07 Å². The van der Waals surface area contributed by atoms with E-state index in [4.69, 9.17) is 5.26 Å². The normalized spacial score (nSPS) is 12.5. The van der Waals surface area contributed by atoms with E-state index < -0.39 is 0 Å². The first kappa shape index (κ1) is 14.2. The molecule has 3 aromatic rings. The highest BCUT2D eigenvalue weighted by molar-refractivity contribution is 5.67. The van der Waals surface area contributed by atoms with Crippen LogP contribution in [-0.2, 0) is 6.42 Å². The molecule has 0 unspecified atom stereocenters. The molecule has 1 aliphatic heterocycles. The van der Waals surface area contributed by atoms with E-state index in [-0.39, 0.29) is 0 Å². The van der Waals surface area contributed by atoms with Gasteiger partial charge >= 0.3 is 0 Å². The highest BCUT2D eigenvalue weighted by atomic mass is 15.3. The van der Waals surface area contributed by atoms with Crippen molar-refractivity contribution in [2.24, 2.45) is 0 Å². The quantitative estimate of drug-likeness (QED) is 0.800. The molecule has 24 heavy (non-hydrogen) atoms. The zero-order chi connectivity index (χ0) is 16.4. The summed E-state index contributed by atoms with van der Waals surface area (Å²) in [7, 11) is 0. The minimum Gasteiger partial charge on any atom is -0.324 e. The Bertz CT molecular complexity index is 913. The number of benzene rings is 2. The number of para-hydroxylation sites is 1. The van der Waals surface area contributed by atoms with Crippen molar-refractivity contribution < 1.29 is 0 Å². The molecular formula is C18H14N6. The van der Waals surface area contributed by atoms with Crippen molar-refractivity contribution in [2.45, 2.75) is 6.42 Å². The second-order valence-corrected chi connectivity index (χ2v) is 5.48. The summed E-state index contributed by atoms with van der Waals surface area (Å²) >= 11 is 0. The lowest BCUT2D eigenvalue weighted by Gasteiger charge is -2.18. The molecule has 0 bridgehead atoms. The van der Waals surface area contributed by atoms with Crippen LogP contribution in [0.2, 0.25) is 0 Å². The van der Waals surface area contributed by atoms with Gasteiger partial charge in [-0.2, -0.15) is 15.3 Å². The molecule has 1 aliphatic rings. The minimum absolute atomic E-state index is 0.432. The molecular weight excluding hydrogens is 300 g/mol. The van der Waals surface area contributed by atoms with Gasteiger partial charge in [-0.3, -0.25) is 0 Å². The molecule has 2 heterocycles. The van der Waals surface area contributed by atoms with Crippen LogP contribution in [0.3, 0.4) is 0 Å². The summed E-state index contributed by atoms with van der Waals surface area (Å²) in [6, 6.07) is 17.5. The van der Waals surface area contributed by atoms with Crippen LogP contribution in [0.25, 0.3) is 0 Å². The summed E-state index contributed by atoms with van der Waals surface area (Å²) < 4.78 is 0. The Kier molecular flexibility index (Phi) is 3.52. The lowest BCUT2D eigenvalue weighted by Crippen LogP contribution is -2.16. The predicted molar refractivity (Wildman–Crippen MR) is 91.4 cm³/mol. The van der Waals surface area contributed by atoms with Gasteiger partial charge in [0, 0.05) is 17.9 Å². The summed E-state index contributed by atoms with van der Waals surface area (Å²) in [5.74, 6) is 1.20. The number of nitriles is 1. The number of hydrogen-bond donors (Lipinski definition) is 1. The van der Waals surface area contributed by atoms with Crippen molar-refractivity contribution in [3.05, 3.63) is 65.9 Å². The lowest BCUT2D eigenvalue weighted by atomic mass is 10.2. The predicted octanol–water partition coefficient (Wildman–Crippen LogP) is 3.18. The molecule has 0 atom stereocenters. The largest absolute Gasteiger partial charge is 0.324 e. The average Bonchev–Trinajstić information content (AvgIpc) is 3.07. The first-order chi connectivity index (χ1) is 11.8. The third-order valence-electron chi connectivity index (χ3n) is 3.98. The summed E-state index contributed by atoms with van der Waals surface area (Å²) in [6.07, 6.45) is 2.67. The number of anilines is 4. The fraction of sp³-hybridized carbons (Fsp3) is 0.111. The Balaban J connectivity index is 1.59. The molecule has 0 amide bonds. The van der Waals surface area contributed by atoms with E-state index in [0.717, 1.165) is 24.5 Å². The van der Waals surface area contributed by atoms with Crippen LogP contribution < -0.4 is 10.2 Å². The molecule has 0 aliphatic carbocycles. The Labute approximate surface area is 139 Å². The van der Waals surface area contributed by atoms with Crippen molar-refractivity contribution in [1.82, 2.24) is 15.2 Å². The van der Waals surface area contributed by atoms with Crippen molar-refractivity contribution >= 4 is 23.1 Å². The van der Waals surface area contributed by atoms with Gasteiger partial charge < -0.3 is 10.2 Å². The van der Waals surface area contributed by atoms with Crippen LogP contribution >= 0.6 is 0 Å². The number of nitrogens with zero attached hydrogens (tertiary/aromatic N) is 5. The molecule has 0 saturated heterocycles. The number of rotatable bonds is 3. The highest BCUT2D eigenvalue weighted by Gasteiger charge is 2.21. The van der Waals surface area contributed by atoms with Crippen LogP contribution in [0, 0.1) is 11.3 Å². The second-order valence-electron chi connectivity index (χ2n) is 5.48. The molecule has 1 N–H and O–H groups in total. The first-order valence-electron chi connectivity index (χ1n) is 7.66. The van der Waals surface area contributed by atoms with Crippen LogP contribution in [0.4, 0.5) is 23.1 Å². The average molecular weight is 314 g/mol. The van der Waals surface area contributed by atoms with E-state index in [9.17, 15) is 0 Å². The van der Waals surface area contributed by atoms with E-state index in [2.05, 4.69) is 49.7 Å². The van der Waals surface area contributed by atoms with Gasteiger partial charge in [0.1, 0.15) is 0 Å². The van der Waals surface area contributed by atoms with Gasteiger partial charge in [0.25, 0.3) is 0 Å². The van der Waals surface area contributed by atoms with E-state index in [0.29, 0.717) is 11.5 Å². The Morgan fingerprint density at radius 2 is 1.92 bits per heavy atom. The summed E-state index contributed by atoms with van der Waals surface area (Å²) in [5, 5.41) is 20.1. The number of fused-ring (bicyclic) bond motifs is 1. The summed E-state index contributed by atoms with van der Waals surface area (Å²) in [6.45, 7) is 0.883. The fourth-order valence-electron chi connectivity index (χ4n) is 2.81. The maximum atomic E-state index is 8.85. The maximum Gasteiger partial charge on any atom is 0.249 e. The molecule has 1 aromatic heterocycles. The highest BCUT2D eigenvalue weighted by Crippen LogP contribution is 2.33. The molecule has 0 radical (unpaired) electrons. The standard InChI is InChI=1S/C18H14N6/c19-11-13-5-7-15(8-6-13)21-18-22-17(12-20-23-18)24-10-9-14-3-1-2-4-16(14)24/h1-8,12H,9-10H2,(H,21,22,23). The van der Waals surface area contributed by atoms with Crippen LogP contribution in [0.5, 0.6) is 0 Å². The lowest BCUT2D eigenvalue weighted by molar-refractivity contribution is 0.920. The third kappa shape index (κ3) is 2.63. The minimum atomic E-state index is 0.432. The molecule has 0 fully saturated rings. The SMILES string of the molecule is N#Cc1ccc(Nc2nncc(N3CCc4ccccc43)n2)cc1. The molecule has 4 rings (SSSR count). The third-order valence-corrected chi connectivity index (χ3v) is 3.98. The van der Waals surface area contributed by atoms with E-state index >= 15 is 0 Å². The summed E-state index contributed by atoms with van der Waals surface area (Å²) in [5.41, 5.74) is 3.91. The monoisotopic (exact) mass is 314 g/mol. The molecule has 2 aromatic carbocycles. The Morgan fingerprint density at radius 1 is 1.08 bits per heavy atom. The number of nitrogens with one attached hydrogen (secondary N) is 1. The fourth-order valence-corrected chi connectivity index (χ4v) is 2.81. The Hall–Kier alpha value is -3.46. The van der Waals surface area contributed by atoms with Gasteiger partial charge in [0.2, 0.25) is 5.95 Å². The molecule has 0 spiro atoms. The van der Waals surface area contributed by atoms with Gasteiger partial charge in [-0.25, -0.2) is 0 Å². The van der Waals surface area contributed by atoms with Gasteiger partial charge in [-0.05, 0) is 42.3 Å². The van der Waals surface area contributed by atoms with E-state index in [1.54, 1.807) is 18.3 Å². The maximum absolute atomic E-state index is 8.85. The van der Waals surface area contributed by atoms with Gasteiger partial charge in [0.05, 0.1) is 17.8 Å². The van der Waals surface area contributed by atoms with Crippen LogP contribution in [-0.4, -0.2) is 21.7 Å². The zero-order valence-electron chi connectivity index (χ0n) is 12.8. The van der Waals surface area contributed by atoms with Gasteiger partial charge in [-0.15, -0.1) is 5.10 Å². The zero-order valence-corrected chi connectivity index (χ0v) is 12.8. The van der Waals surface area contributed by atoms with Gasteiger partial charge in [0.15, 0.2) is 5.82 Å². The van der Waals surface area contributed by atoms with Gasteiger partial charge in [-0.1, -0.05) is 18.2 Å². The molecule has 116 valence electrons. The molecule has 0 saturated carbocycles. The second kappa shape index (κ2) is 5.97. The van der Waals surface area contributed by atoms with Crippen LogP contribution in [0.15, 0.2) is 54.7 Å².